The maximum absolute atomic E-state index is 4.57. The molecule has 1 aliphatic heterocycles. The van der Waals surface area contributed by atoms with Crippen molar-refractivity contribution in [1.29, 1.82) is 0 Å². The summed E-state index contributed by atoms with van der Waals surface area (Å²) < 4.78 is 4.73. The summed E-state index contributed by atoms with van der Waals surface area (Å²) in [7, 11) is 0. The molecule has 0 N–H and O–H groups in total. The van der Waals surface area contributed by atoms with Crippen molar-refractivity contribution in [3.8, 4) is 11.4 Å². The van der Waals surface area contributed by atoms with Crippen molar-refractivity contribution in [2.75, 3.05) is 4.90 Å². The van der Waals surface area contributed by atoms with Crippen molar-refractivity contribution in [3.63, 3.8) is 0 Å². The fraction of sp³-hybridized carbons (Fsp3) is 0.0638. The van der Waals surface area contributed by atoms with Gasteiger partial charge >= 0.3 is 0 Å². The highest BCUT2D eigenvalue weighted by Gasteiger charge is 2.38. The lowest BCUT2D eigenvalue weighted by Gasteiger charge is -2.43. The van der Waals surface area contributed by atoms with Crippen molar-refractivity contribution in [2.24, 2.45) is 0 Å². The number of fused-ring (bicyclic) bond motifs is 9. The molecule has 11 rings (SSSR count). The Kier molecular flexibility index (Phi) is 5.95. The molecule has 4 aromatic heterocycles. The van der Waals surface area contributed by atoms with Crippen LogP contribution in [0.1, 0.15) is 25.0 Å². The molecule has 5 heteroatoms. The number of aromatic nitrogens is 4. The smallest absolute Gasteiger partial charge is 0.0724 e. The second kappa shape index (κ2) is 10.6. The summed E-state index contributed by atoms with van der Waals surface area (Å²) >= 11 is 0. The zero-order valence-corrected chi connectivity index (χ0v) is 28.8. The first-order chi connectivity index (χ1) is 25.6. The van der Waals surface area contributed by atoms with Gasteiger partial charge in [-0.1, -0.05) is 98.8 Å². The molecule has 5 heterocycles. The Morgan fingerprint density at radius 3 is 1.48 bits per heavy atom. The minimum atomic E-state index is -0.270. The molecule has 0 atom stereocenters. The van der Waals surface area contributed by atoms with Crippen LogP contribution in [-0.2, 0) is 5.41 Å². The number of hydrogen-bond acceptors (Lipinski definition) is 3. The second-order valence-electron chi connectivity index (χ2n) is 14.4. The molecule has 246 valence electrons. The Hall–Kier alpha value is -6.72. The highest BCUT2D eigenvalue weighted by Crippen LogP contribution is 2.54. The third kappa shape index (κ3) is 3.93. The van der Waals surface area contributed by atoms with Crippen molar-refractivity contribution in [2.45, 2.75) is 19.3 Å². The molecule has 52 heavy (non-hydrogen) atoms. The van der Waals surface area contributed by atoms with Gasteiger partial charge in [-0.2, -0.15) is 0 Å². The average molecular weight is 668 g/mol. The van der Waals surface area contributed by atoms with Crippen LogP contribution in [-0.4, -0.2) is 19.1 Å². The van der Waals surface area contributed by atoms with Gasteiger partial charge in [0.25, 0.3) is 0 Å². The lowest BCUT2D eigenvalue weighted by atomic mass is 9.73. The van der Waals surface area contributed by atoms with Gasteiger partial charge in [-0.05, 0) is 71.1 Å². The van der Waals surface area contributed by atoms with Crippen LogP contribution in [0.2, 0.25) is 0 Å². The van der Waals surface area contributed by atoms with E-state index in [1.807, 2.05) is 24.8 Å². The van der Waals surface area contributed by atoms with Crippen molar-refractivity contribution >= 4 is 71.4 Å². The van der Waals surface area contributed by atoms with Gasteiger partial charge in [0, 0.05) is 56.1 Å². The molecule has 5 nitrogen and oxygen atoms in total. The SMILES string of the molecule is CC1(C)c2ccc(-n3c4ccccc4c4ccncc43)cc2N(c2cccc3ccccc23)c2cc(-n3c4ccccc4c4ccncc43)ccc21. The summed E-state index contributed by atoms with van der Waals surface area (Å²) in [4.78, 5) is 11.6. The molecular weight excluding hydrogens is 635 g/mol. The Labute approximate surface area is 300 Å². The number of pyridine rings is 2. The van der Waals surface area contributed by atoms with Gasteiger partial charge in [0.05, 0.1) is 51.5 Å². The van der Waals surface area contributed by atoms with Gasteiger partial charge in [-0.15, -0.1) is 0 Å². The number of para-hydroxylation sites is 2. The molecule has 0 spiro atoms. The first-order valence-electron chi connectivity index (χ1n) is 17.8. The summed E-state index contributed by atoms with van der Waals surface area (Å²) in [5.41, 5.74) is 12.5. The van der Waals surface area contributed by atoms with Crippen LogP contribution in [0.25, 0.3) is 65.8 Å². The van der Waals surface area contributed by atoms with Crippen LogP contribution in [0.15, 0.2) is 164 Å². The topological polar surface area (TPSA) is 38.9 Å². The normalized spacial score (nSPS) is 13.7. The van der Waals surface area contributed by atoms with E-state index < -0.39 is 0 Å². The van der Waals surface area contributed by atoms with E-state index in [1.165, 1.54) is 65.9 Å². The molecular formula is C47H33N5. The fourth-order valence-corrected chi connectivity index (χ4v) is 8.88. The van der Waals surface area contributed by atoms with E-state index in [1.54, 1.807) is 0 Å². The van der Waals surface area contributed by atoms with Crippen molar-refractivity contribution in [1.82, 2.24) is 19.1 Å². The van der Waals surface area contributed by atoms with Gasteiger partial charge in [0.1, 0.15) is 0 Å². The summed E-state index contributed by atoms with van der Waals surface area (Å²) in [5, 5.41) is 7.26. The molecule has 0 bridgehead atoms. The molecule has 0 amide bonds. The van der Waals surface area contributed by atoms with E-state index in [2.05, 4.69) is 177 Å². The van der Waals surface area contributed by atoms with Crippen LogP contribution in [0, 0.1) is 0 Å². The van der Waals surface area contributed by atoms with Gasteiger partial charge < -0.3 is 14.0 Å². The van der Waals surface area contributed by atoms with Gasteiger partial charge in [-0.25, -0.2) is 0 Å². The standard InChI is InChI=1S/C47H33N5/c1-47(2)38-20-18-31(50-41-15-7-5-13-34(41)36-22-24-48-28-45(36)50)26-43(38)52(40-17-9-11-30-10-3-4-12-33(30)40)44-27-32(19-21-39(44)47)51-42-16-8-6-14-35(42)37-23-25-49-29-46(37)51/h3-29H,1-2H3. The Bertz CT molecular complexity index is 2790. The van der Waals surface area contributed by atoms with Crippen LogP contribution in [0.5, 0.6) is 0 Å². The molecule has 6 aromatic carbocycles. The van der Waals surface area contributed by atoms with Gasteiger partial charge in [0.2, 0.25) is 0 Å². The number of benzene rings is 6. The minimum Gasteiger partial charge on any atom is -0.309 e. The summed E-state index contributed by atoms with van der Waals surface area (Å²) in [6.45, 7) is 4.72. The Balaban J connectivity index is 1.22. The zero-order valence-electron chi connectivity index (χ0n) is 28.8. The lowest BCUT2D eigenvalue weighted by Crippen LogP contribution is -2.31. The highest BCUT2D eigenvalue weighted by molar-refractivity contribution is 6.10. The highest BCUT2D eigenvalue weighted by atomic mass is 15.2. The van der Waals surface area contributed by atoms with Crippen LogP contribution < -0.4 is 4.90 Å². The average Bonchev–Trinajstić information content (AvgIpc) is 3.71. The predicted octanol–water partition coefficient (Wildman–Crippen LogP) is 11.9. The van der Waals surface area contributed by atoms with Gasteiger partial charge in [0.15, 0.2) is 0 Å². The number of anilines is 3. The summed E-state index contributed by atoms with van der Waals surface area (Å²) in [6.07, 6.45) is 7.75. The molecule has 0 unspecified atom stereocenters. The number of rotatable bonds is 3. The van der Waals surface area contributed by atoms with Crippen LogP contribution in [0.4, 0.5) is 17.1 Å². The quantitative estimate of drug-likeness (QED) is 0.188. The number of hydrogen-bond donors (Lipinski definition) is 0. The zero-order chi connectivity index (χ0) is 34.6. The monoisotopic (exact) mass is 667 g/mol. The molecule has 0 aliphatic carbocycles. The Morgan fingerprint density at radius 1 is 0.423 bits per heavy atom. The minimum absolute atomic E-state index is 0.270. The maximum Gasteiger partial charge on any atom is 0.0724 e. The molecule has 0 radical (unpaired) electrons. The predicted molar refractivity (Wildman–Crippen MR) is 215 cm³/mol. The van der Waals surface area contributed by atoms with Crippen molar-refractivity contribution < 1.29 is 0 Å². The molecule has 0 saturated heterocycles. The van der Waals surface area contributed by atoms with E-state index in [4.69, 9.17) is 0 Å². The molecule has 0 saturated carbocycles. The largest absolute Gasteiger partial charge is 0.309 e. The fourth-order valence-electron chi connectivity index (χ4n) is 8.88. The number of nitrogens with zero attached hydrogens (tertiary/aromatic N) is 5. The Morgan fingerprint density at radius 2 is 0.904 bits per heavy atom. The van der Waals surface area contributed by atoms with Gasteiger partial charge in [-0.3, -0.25) is 9.97 Å². The lowest BCUT2D eigenvalue weighted by molar-refractivity contribution is 0.631. The molecule has 10 aromatic rings. The third-order valence-corrected chi connectivity index (χ3v) is 11.3. The third-order valence-electron chi connectivity index (χ3n) is 11.3. The van der Waals surface area contributed by atoms with E-state index >= 15 is 0 Å². The first-order valence-corrected chi connectivity index (χ1v) is 17.8. The van der Waals surface area contributed by atoms with Crippen LogP contribution >= 0.6 is 0 Å². The summed E-state index contributed by atoms with van der Waals surface area (Å²) in [6, 6.07) is 51.0. The van der Waals surface area contributed by atoms with E-state index in [0.29, 0.717) is 0 Å². The van der Waals surface area contributed by atoms with Crippen LogP contribution in [0.3, 0.4) is 0 Å². The first kappa shape index (κ1) is 29.1. The van der Waals surface area contributed by atoms with E-state index in [0.717, 1.165) is 28.1 Å². The van der Waals surface area contributed by atoms with E-state index in [-0.39, 0.29) is 5.41 Å². The van der Waals surface area contributed by atoms with E-state index in [9.17, 15) is 0 Å². The van der Waals surface area contributed by atoms with Crippen molar-refractivity contribution in [3.05, 3.63) is 175 Å². The summed E-state index contributed by atoms with van der Waals surface area (Å²) in [5.74, 6) is 0. The molecule has 0 fully saturated rings. The second-order valence-corrected chi connectivity index (χ2v) is 14.4. The molecule has 1 aliphatic rings. The maximum atomic E-state index is 4.57.